The van der Waals surface area contributed by atoms with Crippen LogP contribution >= 0.6 is 22.6 Å². The molecule has 11 heteroatoms. The Morgan fingerprint density at radius 2 is 2.13 bits per heavy atom. The van der Waals surface area contributed by atoms with E-state index in [1.54, 1.807) is 22.5 Å². The lowest BCUT2D eigenvalue weighted by molar-refractivity contribution is 0.647. The summed E-state index contributed by atoms with van der Waals surface area (Å²) in [5.74, 6) is 0.826. The number of nitrogens with two attached hydrogens (primary N) is 1. The average molecular weight is 529 g/mol. The van der Waals surface area contributed by atoms with Crippen LogP contribution in [0.4, 0.5) is 5.82 Å². The Morgan fingerprint density at radius 3 is 2.84 bits per heavy atom. The molecule has 0 aromatic carbocycles. The lowest BCUT2D eigenvalue weighted by atomic mass is 10.2. The zero-order chi connectivity index (χ0) is 22.3. The summed E-state index contributed by atoms with van der Waals surface area (Å²) in [6.45, 7) is 8.00. The zero-order valence-corrected chi connectivity index (χ0v) is 19.4. The third-order valence-corrected chi connectivity index (χ3v) is 5.52. The first kappa shape index (κ1) is 20.9. The van der Waals surface area contributed by atoms with Crippen LogP contribution in [0.25, 0.3) is 27.8 Å². The first-order chi connectivity index (χ1) is 14.8. The standard InChI is InChI=1S/C20H20IN9O/c1-5-6-7-13(11(2)3)30-14(26-12-8-25-28(4)16(12)20(30)31)9-29-19-15(17(21)27-29)18(22)23-10-24-19/h5-8,10H,2,9H2,1,3-4H3,(H2,22,23,24)/b6-5-,13-7+. The van der Waals surface area contributed by atoms with Crippen molar-refractivity contribution in [1.82, 2.24) is 39.1 Å². The highest BCUT2D eigenvalue weighted by atomic mass is 127. The van der Waals surface area contributed by atoms with Crippen LogP contribution in [0.2, 0.25) is 0 Å². The first-order valence-corrected chi connectivity index (χ1v) is 10.5. The van der Waals surface area contributed by atoms with Gasteiger partial charge in [-0.25, -0.2) is 19.6 Å². The Labute approximate surface area is 190 Å². The fourth-order valence-corrected chi connectivity index (χ4v) is 4.13. The number of aromatic nitrogens is 8. The van der Waals surface area contributed by atoms with E-state index >= 15 is 0 Å². The molecule has 0 radical (unpaired) electrons. The van der Waals surface area contributed by atoms with Gasteiger partial charge in [0.1, 0.15) is 33.7 Å². The molecule has 0 saturated heterocycles. The fourth-order valence-electron chi connectivity index (χ4n) is 3.35. The quantitative estimate of drug-likeness (QED) is 0.311. The number of halogens is 1. The van der Waals surface area contributed by atoms with Gasteiger partial charge in [-0.15, -0.1) is 0 Å². The van der Waals surface area contributed by atoms with Crippen molar-refractivity contribution in [3.8, 4) is 0 Å². The predicted octanol–water partition coefficient (Wildman–Crippen LogP) is 2.50. The van der Waals surface area contributed by atoms with Crippen LogP contribution in [0.3, 0.4) is 0 Å². The van der Waals surface area contributed by atoms with Gasteiger partial charge < -0.3 is 5.73 Å². The number of fused-ring (bicyclic) bond motifs is 2. The summed E-state index contributed by atoms with van der Waals surface area (Å²) in [6.07, 6.45) is 8.54. The topological polar surface area (TPSA) is 122 Å². The number of anilines is 1. The van der Waals surface area contributed by atoms with E-state index in [4.69, 9.17) is 10.7 Å². The van der Waals surface area contributed by atoms with E-state index in [-0.39, 0.29) is 12.1 Å². The van der Waals surface area contributed by atoms with E-state index < -0.39 is 0 Å². The van der Waals surface area contributed by atoms with Gasteiger partial charge in [0.15, 0.2) is 11.2 Å². The molecule has 2 N–H and O–H groups in total. The minimum absolute atomic E-state index is 0.191. The van der Waals surface area contributed by atoms with Gasteiger partial charge in [-0.3, -0.25) is 14.0 Å². The van der Waals surface area contributed by atoms with Crippen LogP contribution in [-0.4, -0.2) is 39.1 Å². The largest absolute Gasteiger partial charge is 0.383 e. The van der Waals surface area contributed by atoms with Gasteiger partial charge in [-0.05, 0) is 48.1 Å². The Hall–Kier alpha value is -3.35. The Balaban J connectivity index is 2.01. The Morgan fingerprint density at radius 1 is 1.35 bits per heavy atom. The maximum absolute atomic E-state index is 13.5. The second-order valence-corrected chi connectivity index (χ2v) is 7.96. The van der Waals surface area contributed by atoms with Crippen molar-refractivity contribution in [2.24, 2.45) is 7.05 Å². The summed E-state index contributed by atoms with van der Waals surface area (Å²) in [5, 5.41) is 9.43. The monoisotopic (exact) mass is 529 g/mol. The van der Waals surface area contributed by atoms with E-state index in [0.29, 0.717) is 43.1 Å². The summed E-state index contributed by atoms with van der Waals surface area (Å²) in [5.41, 5.74) is 8.61. The number of rotatable bonds is 5. The molecule has 0 spiro atoms. The highest BCUT2D eigenvalue weighted by molar-refractivity contribution is 14.1. The Bertz CT molecular complexity index is 1460. The van der Waals surface area contributed by atoms with Crippen molar-refractivity contribution in [1.29, 1.82) is 0 Å². The lowest BCUT2D eigenvalue weighted by Gasteiger charge is -2.16. The molecule has 4 aromatic rings. The summed E-state index contributed by atoms with van der Waals surface area (Å²) in [7, 11) is 1.72. The molecule has 31 heavy (non-hydrogen) atoms. The van der Waals surface area contributed by atoms with Gasteiger partial charge in [0, 0.05) is 7.05 Å². The normalized spacial score (nSPS) is 12.5. The maximum atomic E-state index is 13.5. The molecular formula is C20H20IN9O. The molecule has 0 bridgehead atoms. The van der Waals surface area contributed by atoms with Crippen molar-refractivity contribution < 1.29 is 0 Å². The number of nitrogens with zero attached hydrogens (tertiary/aromatic N) is 8. The van der Waals surface area contributed by atoms with Crippen LogP contribution < -0.4 is 11.3 Å². The van der Waals surface area contributed by atoms with Gasteiger partial charge in [0.2, 0.25) is 0 Å². The van der Waals surface area contributed by atoms with Gasteiger partial charge in [0.05, 0.1) is 17.3 Å². The molecule has 0 saturated carbocycles. The first-order valence-electron chi connectivity index (χ1n) is 9.38. The third kappa shape index (κ3) is 3.54. The van der Waals surface area contributed by atoms with Crippen LogP contribution in [0.5, 0.6) is 0 Å². The maximum Gasteiger partial charge on any atom is 0.284 e. The van der Waals surface area contributed by atoms with Gasteiger partial charge in [-0.2, -0.15) is 10.2 Å². The number of aryl methyl sites for hydroxylation is 1. The van der Waals surface area contributed by atoms with Gasteiger partial charge in [-0.1, -0.05) is 18.7 Å². The molecule has 0 amide bonds. The summed E-state index contributed by atoms with van der Waals surface area (Å²) in [4.78, 5) is 26.7. The van der Waals surface area contributed by atoms with Crippen molar-refractivity contribution in [2.45, 2.75) is 20.4 Å². The molecular weight excluding hydrogens is 509 g/mol. The molecule has 4 aromatic heterocycles. The fraction of sp³-hybridized carbons (Fsp3) is 0.200. The number of hydrogen-bond donors (Lipinski definition) is 1. The van der Waals surface area contributed by atoms with Crippen molar-refractivity contribution in [3.05, 3.63) is 62.8 Å². The number of allylic oxidation sites excluding steroid dienone is 5. The Kier molecular flexibility index (Phi) is 5.43. The zero-order valence-electron chi connectivity index (χ0n) is 17.2. The minimum atomic E-state index is -0.237. The molecule has 10 nitrogen and oxygen atoms in total. The third-order valence-electron chi connectivity index (χ3n) is 4.76. The molecule has 0 unspecified atom stereocenters. The average Bonchev–Trinajstić information content (AvgIpc) is 3.24. The van der Waals surface area contributed by atoms with Crippen LogP contribution in [-0.2, 0) is 13.6 Å². The second kappa shape index (κ2) is 8.06. The molecule has 0 aliphatic carbocycles. The van der Waals surface area contributed by atoms with Crippen LogP contribution in [0.1, 0.15) is 19.7 Å². The van der Waals surface area contributed by atoms with Crippen LogP contribution in [0, 0.1) is 3.70 Å². The van der Waals surface area contributed by atoms with Crippen LogP contribution in [0.15, 0.2) is 47.7 Å². The molecule has 4 heterocycles. The van der Waals surface area contributed by atoms with Crippen molar-refractivity contribution in [2.75, 3.05) is 5.73 Å². The molecule has 158 valence electrons. The predicted molar refractivity (Wildman–Crippen MR) is 128 cm³/mol. The number of nitrogen functional groups attached to an aromatic ring is 1. The van der Waals surface area contributed by atoms with Crippen molar-refractivity contribution in [3.63, 3.8) is 0 Å². The van der Waals surface area contributed by atoms with E-state index in [2.05, 4.69) is 49.3 Å². The van der Waals surface area contributed by atoms with Crippen molar-refractivity contribution >= 4 is 56.2 Å². The highest BCUT2D eigenvalue weighted by Gasteiger charge is 2.20. The SMILES string of the molecule is C=C(C)/C(=C\C=C/C)n1c(Cn2nc(I)c3c(N)ncnc32)nc2cnn(C)c2c1=O. The molecule has 0 aliphatic heterocycles. The summed E-state index contributed by atoms with van der Waals surface area (Å²) < 4.78 is 5.42. The molecule has 0 aliphatic rings. The van der Waals surface area contributed by atoms with E-state index in [9.17, 15) is 4.79 Å². The second-order valence-electron chi connectivity index (χ2n) is 6.93. The molecule has 0 atom stereocenters. The van der Waals surface area contributed by atoms with Gasteiger partial charge >= 0.3 is 0 Å². The lowest BCUT2D eigenvalue weighted by Crippen LogP contribution is -2.27. The van der Waals surface area contributed by atoms with E-state index in [1.807, 2.05) is 32.1 Å². The van der Waals surface area contributed by atoms with E-state index in [1.165, 1.54) is 11.0 Å². The highest BCUT2D eigenvalue weighted by Crippen LogP contribution is 2.24. The van der Waals surface area contributed by atoms with E-state index in [0.717, 1.165) is 5.57 Å². The molecule has 4 rings (SSSR count). The summed E-state index contributed by atoms with van der Waals surface area (Å²) in [6, 6.07) is 0. The molecule has 0 fully saturated rings. The smallest absolute Gasteiger partial charge is 0.284 e. The number of hydrogen-bond acceptors (Lipinski definition) is 7. The van der Waals surface area contributed by atoms with Gasteiger partial charge in [0.25, 0.3) is 5.56 Å². The minimum Gasteiger partial charge on any atom is -0.383 e. The summed E-state index contributed by atoms with van der Waals surface area (Å²) >= 11 is 2.09.